The lowest BCUT2D eigenvalue weighted by Crippen LogP contribution is -2.57. The number of hydrogen-bond donors (Lipinski definition) is 2. The standard InChI is InChI=1S/C13H23N3O3/c1-8(17)15-10(13(2,3)4)12(19)16-7-5-6-9(16)11(14)18/h9-10H,5-7H2,1-4H3,(H2,14,18)(H,15,17)/t9?,10-/m1/s1. The van der Waals surface area contributed by atoms with Crippen molar-refractivity contribution < 1.29 is 14.4 Å². The normalized spacial score (nSPS) is 21.1. The second-order valence-corrected chi connectivity index (χ2v) is 6.09. The minimum absolute atomic E-state index is 0.232. The Bertz CT molecular complexity index is 387. The molecule has 0 aromatic carbocycles. The van der Waals surface area contributed by atoms with E-state index in [-0.39, 0.29) is 11.8 Å². The molecule has 0 aliphatic carbocycles. The van der Waals surface area contributed by atoms with E-state index in [2.05, 4.69) is 5.32 Å². The van der Waals surface area contributed by atoms with Crippen LogP contribution in [0.25, 0.3) is 0 Å². The molecule has 0 aromatic rings. The van der Waals surface area contributed by atoms with Gasteiger partial charge in [-0.1, -0.05) is 20.8 Å². The lowest BCUT2D eigenvalue weighted by Gasteiger charge is -2.34. The van der Waals surface area contributed by atoms with Crippen LogP contribution in [0.1, 0.15) is 40.5 Å². The lowest BCUT2D eigenvalue weighted by atomic mass is 9.85. The van der Waals surface area contributed by atoms with E-state index in [0.717, 1.165) is 6.42 Å². The number of rotatable bonds is 3. The smallest absolute Gasteiger partial charge is 0.246 e. The van der Waals surface area contributed by atoms with Crippen molar-refractivity contribution in [2.45, 2.75) is 52.6 Å². The average Bonchev–Trinajstić information content (AvgIpc) is 2.71. The first kappa shape index (κ1) is 15.5. The molecule has 2 atom stereocenters. The van der Waals surface area contributed by atoms with Gasteiger partial charge in [-0.2, -0.15) is 0 Å². The number of carbonyl (C=O) groups is 3. The summed E-state index contributed by atoms with van der Waals surface area (Å²) in [7, 11) is 0. The molecule has 0 aromatic heterocycles. The van der Waals surface area contributed by atoms with E-state index in [1.165, 1.54) is 11.8 Å². The van der Waals surface area contributed by atoms with Crippen molar-refractivity contribution in [3.8, 4) is 0 Å². The predicted molar refractivity (Wildman–Crippen MR) is 71.0 cm³/mol. The van der Waals surface area contributed by atoms with Crippen molar-refractivity contribution >= 4 is 17.7 Å². The molecule has 6 nitrogen and oxygen atoms in total. The number of nitrogens with two attached hydrogens (primary N) is 1. The fourth-order valence-corrected chi connectivity index (χ4v) is 2.34. The minimum atomic E-state index is -0.648. The van der Waals surface area contributed by atoms with Crippen LogP contribution in [0.15, 0.2) is 0 Å². The van der Waals surface area contributed by atoms with Crippen LogP contribution >= 0.6 is 0 Å². The zero-order chi connectivity index (χ0) is 14.8. The Morgan fingerprint density at radius 3 is 2.32 bits per heavy atom. The number of likely N-dealkylation sites (tertiary alicyclic amines) is 1. The number of nitrogens with one attached hydrogen (secondary N) is 1. The van der Waals surface area contributed by atoms with Gasteiger partial charge in [0, 0.05) is 13.5 Å². The maximum Gasteiger partial charge on any atom is 0.246 e. The molecule has 0 spiro atoms. The summed E-state index contributed by atoms with van der Waals surface area (Å²) in [6.45, 7) is 7.52. The quantitative estimate of drug-likeness (QED) is 0.756. The van der Waals surface area contributed by atoms with Gasteiger partial charge in [-0.25, -0.2) is 0 Å². The molecule has 3 N–H and O–H groups in total. The maximum atomic E-state index is 12.5. The topological polar surface area (TPSA) is 92.5 Å². The molecule has 108 valence electrons. The zero-order valence-corrected chi connectivity index (χ0v) is 12.0. The molecular weight excluding hydrogens is 246 g/mol. The fraction of sp³-hybridized carbons (Fsp3) is 0.769. The van der Waals surface area contributed by atoms with Crippen LogP contribution in [0.2, 0.25) is 0 Å². The molecule has 1 unspecified atom stereocenters. The van der Waals surface area contributed by atoms with Gasteiger partial charge in [-0.15, -0.1) is 0 Å². The molecule has 1 saturated heterocycles. The maximum absolute atomic E-state index is 12.5. The molecule has 0 radical (unpaired) electrons. The second-order valence-electron chi connectivity index (χ2n) is 6.09. The monoisotopic (exact) mass is 269 g/mol. The van der Waals surface area contributed by atoms with E-state index in [1.54, 1.807) is 0 Å². The minimum Gasteiger partial charge on any atom is -0.368 e. The van der Waals surface area contributed by atoms with Crippen LogP contribution in [0, 0.1) is 5.41 Å². The van der Waals surface area contributed by atoms with E-state index in [4.69, 9.17) is 5.73 Å². The van der Waals surface area contributed by atoms with Gasteiger partial charge < -0.3 is 16.0 Å². The van der Waals surface area contributed by atoms with E-state index < -0.39 is 23.4 Å². The number of carbonyl (C=O) groups excluding carboxylic acids is 3. The van der Waals surface area contributed by atoms with Gasteiger partial charge in [0.2, 0.25) is 17.7 Å². The van der Waals surface area contributed by atoms with E-state index in [0.29, 0.717) is 13.0 Å². The third-order valence-corrected chi connectivity index (χ3v) is 3.32. The summed E-state index contributed by atoms with van der Waals surface area (Å²) in [6.07, 6.45) is 1.36. The molecule has 1 heterocycles. The Kier molecular flexibility index (Phi) is 4.55. The van der Waals surface area contributed by atoms with Crippen LogP contribution in [-0.4, -0.2) is 41.2 Å². The Morgan fingerprint density at radius 2 is 1.89 bits per heavy atom. The van der Waals surface area contributed by atoms with Gasteiger partial charge in [-0.05, 0) is 18.3 Å². The Morgan fingerprint density at radius 1 is 1.32 bits per heavy atom. The van der Waals surface area contributed by atoms with E-state index in [1.807, 2.05) is 20.8 Å². The predicted octanol–water partition coefficient (Wildman–Crippen LogP) is 0.0135. The highest BCUT2D eigenvalue weighted by molar-refractivity contribution is 5.92. The molecule has 0 saturated carbocycles. The Labute approximate surface area is 113 Å². The number of primary amides is 1. The second kappa shape index (κ2) is 5.59. The van der Waals surface area contributed by atoms with Crippen molar-refractivity contribution in [1.82, 2.24) is 10.2 Å². The SMILES string of the molecule is CC(=O)N[C@H](C(=O)N1CCCC1C(N)=O)C(C)(C)C. The van der Waals surface area contributed by atoms with Gasteiger partial charge in [0.15, 0.2) is 0 Å². The van der Waals surface area contributed by atoms with Gasteiger partial charge >= 0.3 is 0 Å². The Hall–Kier alpha value is -1.59. The van der Waals surface area contributed by atoms with Crippen LogP contribution < -0.4 is 11.1 Å². The van der Waals surface area contributed by atoms with E-state index in [9.17, 15) is 14.4 Å². The molecule has 0 bridgehead atoms. The van der Waals surface area contributed by atoms with Crippen molar-refractivity contribution in [2.24, 2.45) is 11.1 Å². The summed E-state index contributed by atoms with van der Waals surface area (Å²) in [4.78, 5) is 36.7. The third kappa shape index (κ3) is 3.68. The number of amides is 3. The summed E-state index contributed by atoms with van der Waals surface area (Å²) < 4.78 is 0. The van der Waals surface area contributed by atoms with Gasteiger partial charge in [0.25, 0.3) is 0 Å². The van der Waals surface area contributed by atoms with Gasteiger partial charge in [0.1, 0.15) is 12.1 Å². The van der Waals surface area contributed by atoms with E-state index >= 15 is 0 Å². The van der Waals surface area contributed by atoms with Crippen molar-refractivity contribution in [2.75, 3.05) is 6.54 Å². The van der Waals surface area contributed by atoms with Crippen LogP contribution in [0.3, 0.4) is 0 Å². The lowest BCUT2D eigenvalue weighted by molar-refractivity contribution is -0.142. The van der Waals surface area contributed by atoms with Crippen molar-refractivity contribution in [1.29, 1.82) is 0 Å². The van der Waals surface area contributed by atoms with Gasteiger partial charge in [-0.3, -0.25) is 14.4 Å². The number of nitrogens with zero attached hydrogens (tertiary/aromatic N) is 1. The first-order chi connectivity index (χ1) is 8.64. The number of hydrogen-bond acceptors (Lipinski definition) is 3. The molecule has 1 aliphatic rings. The van der Waals surface area contributed by atoms with Crippen LogP contribution in [0.4, 0.5) is 0 Å². The summed E-state index contributed by atoms with van der Waals surface area (Å²) >= 11 is 0. The first-order valence-corrected chi connectivity index (χ1v) is 6.51. The summed E-state index contributed by atoms with van der Waals surface area (Å²) in [5.41, 5.74) is 4.89. The summed E-state index contributed by atoms with van der Waals surface area (Å²) in [6, 6.07) is -1.20. The molecule has 3 amide bonds. The highest BCUT2D eigenvalue weighted by Crippen LogP contribution is 2.25. The van der Waals surface area contributed by atoms with Crippen LogP contribution in [0.5, 0.6) is 0 Å². The molecule has 6 heteroatoms. The Balaban J connectivity index is 2.93. The highest BCUT2D eigenvalue weighted by atomic mass is 16.2. The molecule has 19 heavy (non-hydrogen) atoms. The van der Waals surface area contributed by atoms with Crippen molar-refractivity contribution in [3.63, 3.8) is 0 Å². The van der Waals surface area contributed by atoms with Gasteiger partial charge in [0.05, 0.1) is 0 Å². The van der Waals surface area contributed by atoms with Crippen molar-refractivity contribution in [3.05, 3.63) is 0 Å². The highest BCUT2D eigenvalue weighted by Gasteiger charge is 2.40. The third-order valence-electron chi connectivity index (χ3n) is 3.32. The summed E-state index contributed by atoms with van der Waals surface area (Å²) in [5.74, 6) is -0.978. The molecule has 1 aliphatic heterocycles. The fourth-order valence-electron chi connectivity index (χ4n) is 2.34. The first-order valence-electron chi connectivity index (χ1n) is 6.51. The van der Waals surface area contributed by atoms with Crippen LogP contribution in [-0.2, 0) is 14.4 Å². The molecule has 1 rings (SSSR count). The molecule has 1 fully saturated rings. The molecular formula is C13H23N3O3. The summed E-state index contributed by atoms with van der Waals surface area (Å²) in [5, 5.41) is 2.67. The average molecular weight is 269 g/mol. The zero-order valence-electron chi connectivity index (χ0n) is 12.0. The largest absolute Gasteiger partial charge is 0.368 e.